The minimum Gasteiger partial charge on any atom is -0.450 e. The van der Waals surface area contributed by atoms with Gasteiger partial charge in [0.2, 0.25) is 5.91 Å². The van der Waals surface area contributed by atoms with E-state index in [0.29, 0.717) is 60.8 Å². The maximum absolute atomic E-state index is 13.1. The first-order chi connectivity index (χ1) is 18.2. The van der Waals surface area contributed by atoms with Crippen molar-refractivity contribution in [2.24, 2.45) is 0 Å². The fourth-order valence-electron chi connectivity index (χ4n) is 4.10. The van der Waals surface area contributed by atoms with E-state index in [0.717, 1.165) is 11.3 Å². The second kappa shape index (κ2) is 12.3. The summed E-state index contributed by atoms with van der Waals surface area (Å²) in [5.74, 6) is -0.0609. The van der Waals surface area contributed by atoms with E-state index in [2.05, 4.69) is 20.8 Å². The van der Waals surface area contributed by atoms with Crippen LogP contribution in [0, 0.1) is 6.92 Å². The molecule has 1 unspecified atom stereocenters. The predicted molar refractivity (Wildman–Crippen MR) is 149 cm³/mol. The Kier molecular flexibility index (Phi) is 8.85. The molecule has 0 bridgehead atoms. The van der Waals surface area contributed by atoms with Gasteiger partial charge in [-0.15, -0.1) is 0 Å². The van der Waals surface area contributed by atoms with E-state index >= 15 is 0 Å². The SMILES string of the molecule is CCOC(=O)N1CCN(C(=O)C(C)n2cc(NC(=S)Nc3cnn(Cc4ccccc4Cl)c3)c(C)n2)CC1. The van der Waals surface area contributed by atoms with Crippen LogP contribution in [0.4, 0.5) is 16.2 Å². The number of ether oxygens (including phenoxy) is 1. The summed E-state index contributed by atoms with van der Waals surface area (Å²) in [5, 5.41) is 16.2. The molecule has 2 aromatic heterocycles. The summed E-state index contributed by atoms with van der Waals surface area (Å²) in [4.78, 5) is 28.4. The minimum atomic E-state index is -0.511. The molecule has 11 nitrogen and oxygen atoms in total. The number of piperazine rings is 1. The van der Waals surface area contributed by atoms with Gasteiger partial charge in [0.25, 0.3) is 0 Å². The summed E-state index contributed by atoms with van der Waals surface area (Å²) >= 11 is 11.7. The molecule has 1 saturated heterocycles. The maximum Gasteiger partial charge on any atom is 0.409 e. The lowest BCUT2D eigenvalue weighted by Gasteiger charge is -2.35. The summed E-state index contributed by atoms with van der Waals surface area (Å²) < 4.78 is 8.45. The van der Waals surface area contributed by atoms with Crippen LogP contribution in [0.5, 0.6) is 0 Å². The van der Waals surface area contributed by atoms with Crippen LogP contribution >= 0.6 is 23.8 Å². The largest absolute Gasteiger partial charge is 0.450 e. The normalized spacial score (nSPS) is 14.2. The van der Waals surface area contributed by atoms with Gasteiger partial charge in [-0.1, -0.05) is 29.8 Å². The quantitative estimate of drug-likeness (QED) is 0.422. The molecule has 3 heterocycles. The zero-order chi connectivity index (χ0) is 27.2. The first-order valence-electron chi connectivity index (χ1n) is 12.3. The average molecular weight is 559 g/mol. The van der Waals surface area contributed by atoms with Gasteiger partial charge in [-0.2, -0.15) is 10.2 Å². The molecule has 38 heavy (non-hydrogen) atoms. The van der Waals surface area contributed by atoms with Crippen molar-refractivity contribution < 1.29 is 14.3 Å². The van der Waals surface area contributed by atoms with Crippen LogP contribution < -0.4 is 10.6 Å². The van der Waals surface area contributed by atoms with Crippen molar-refractivity contribution in [3.05, 3.63) is 59.1 Å². The van der Waals surface area contributed by atoms with Gasteiger partial charge in [0, 0.05) is 43.6 Å². The Morgan fingerprint density at radius 1 is 1.13 bits per heavy atom. The highest BCUT2D eigenvalue weighted by molar-refractivity contribution is 7.80. The molecule has 1 atom stereocenters. The molecule has 1 aromatic carbocycles. The van der Waals surface area contributed by atoms with Crippen molar-refractivity contribution in [3.63, 3.8) is 0 Å². The Bertz CT molecular complexity index is 1300. The smallest absolute Gasteiger partial charge is 0.409 e. The van der Waals surface area contributed by atoms with Crippen LogP contribution in [0.1, 0.15) is 31.1 Å². The van der Waals surface area contributed by atoms with Gasteiger partial charge in [-0.3, -0.25) is 14.2 Å². The molecule has 2 N–H and O–H groups in total. The van der Waals surface area contributed by atoms with Crippen molar-refractivity contribution >= 4 is 52.3 Å². The summed E-state index contributed by atoms with van der Waals surface area (Å²) in [7, 11) is 0. The second-order valence-electron chi connectivity index (χ2n) is 8.89. The summed E-state index contributed by atoms with van der Waals surface area (Å²) in [5.41, 5.74) is 3.09. The number of hydrogen-bond donors (Lipinski definition) is 2. The summed E-state index contributed by atoms with van der Waals surface area (Å²) in [6.45, 7) is 8.08. The molecule has 0 radical (unpaired) electrons. The van der Waals surface area contributed by atoms with Crippen molar-refractivity contribution in [1.82, 2.24) is 29.4 Å². The third-order valence-corrected chi connectivity index (χ3v) is 6.79. The molecule has 0 saturated carbocycles. The van der Waals surface area contributed by atoms with Crippen LogP contribution in [0.3, 0.4) is 0 Å². The number of aromatic nitrogens is 4. The number of carbonyl (C=O) groups excluding carboxylic acids is 2. The van der Waals surface area contributed by atoms with E-state index in [-0.39, 0.29) is 12.0 Å². The Morgan fingerprint density at radius 3 is 2.55 bits per heavy atom. The van der Waals surface area contributed by atoms with Gasteiger partial charge in [0.05, 0.1) is 36.4 Å². The lowest BCUT2D eigenvalue weighted by molar-refractivity contribution is -0.136. The van der Waals surface area contributed by atoms with E-state index in [4.69, 9.17) is 28.6 Å². The standard InChI is InChI=1S/C25H31ClN8O3S/c1-4-37-25(36)32-11-9-31(10-12-32)23(35)18(3)34-16-22(17(2)30-34)29-24(38)28-20-13-27-33(15-20)14-19-7-5-6-8-21(19)26/h5-8,13,15-16,18H,4,9-12,14H2,1-3H3,(H2,28,29,38). The Labute approximate surface area is 231 Å². The Hall–Kier alpha value is -3.64. The molecule has 1 aliphatic heterocycles. The van der Waals surface area contributed by atoms with E-state index in [9.17, 15) is 9.59 Å². The van der Waals surface area contributed by atoms with Crippen LogP contribution in [-0.2, 0) is 16.1 Å². The number of aryl methyl sites for hydroxylation is 1. The number of thiocarbonyl (C=S) groups is 1. The number of benzene rings is 1. The number of nitrogens with zero attached hydrogens (tertiary/aromatic N) is 6. The van der Waals surface area contributed by atoms with Crippen molar-refractivity contribution in [2.45, 2.75) is 33.4 Å². The molecule has 13 heteroatoms. The van der Waals surface area contributed by atoms with E-state index in [1.54, 1.807) is 45.4 Å². The molecule has 202 valence electrons. The first-order valence-corrected chi connectivity index (χ1v) is 13.1. The van der Waals surface area contributed by atoms with Crippen LogP contribution in [0.2, 0.25) is 5.02 Å². The van der Waals surface area contributed by atoms with Crippen molar-refractivity contribution in [2.75, 3.05) is 43.4 Å². The van der Waals surface area contributed by atoms with E-state index < -0.39 is 6.04 Å². The van der Waals surface area contributed by atoms with E-state index in [1.165, 1.54) is 0 Å². The molecular weight excluding hydrogens is 528 g/mol. The van der Waals surface area contributed by atoms with Crippen LogP contribution in [0.15, 0.2) is 42.9 Å². The zero-order valence-corrected chi connectivity index (χ0v) is 23.1. The molecule has 3 aromatic rings. The number of halogens is 1. The molecule has 0 aliphatic carbocycles. The van der Waals surface area contributed by atoms with Gasteiger partial charge in [0.15, 0.2) is 5.11 Å². The third-order valence-electron chi connectivity index (χ3n) is 6.22. The number of anilines is 2. The Morgan fingerprint density at radius 2 is 1.84 bits per heavy atom. The molecule has 0 spiro atoms. The highest BCUT2D eigenvalue weighted by atomic mass is 35.5. The fraction of sp³-hybridized carbons (Fsp3) is 0.400. The Balaban J connectivity index is 1.31. The van der Waals surface area contributed by atoms with Gasteiger partial charge >= 0.3 is 6.09 Å². The maximum atomic E-state index is 13.1. The lowest BCUT2D eigenvalue weighted by atomic mass is 10.2. The number of carbonyl (C=O) groups is 2. The number of hydrogen-bond acceptors (Lipinski definition) is 6. The molecule has 2 amide bonds. The van der Waals surface area contributed by atoms with Crippen molar-refractivity contribution in [3.8, 4) is 0 Å². The van der Waals surface area contributed by atoms with Crippen molar-refractivity contribution in [1.29, 1.82) is 0 Å². The summed E-state index contributed by atoms with van der Waals surface area (Å²) in [6, 6.07) is 7.12. The fourth-order valence-corrected chi connectivity index (χ4v) is 4.53. The lowest BCUT2D eigenvalue weighted by Crippen LogP contribution is -2.52. The number of rotatable bonds is 7. The summed E-state index contributed by atoms with van der Waals surface area (Å²) in [6.07, 6.45) is 4.95. The topological polar surface area (TPSA) is 110 Å². The molecule has 1 aliphatic rings. The first kappa shape index (κ1) is 27.4. The van der Waals surface area contributed by atoms with Crippen LogP contribution in [-0.4, -0.2) is 79.3 Å². The van der Waals surface area contributed by atoms with Gasteiger partial charge in [-0.25, -0.2) is 4.79 Å². The second-order valence-corrected chi connectivity index (χ2v) is 9.71. The van der Waals surface area contributed by atoms with Crippen LogP contribution in [0.25, 0.3) is 0 Å². The minimum absolute atomic E-state index is 0.0609. The zero-order valence-electron chi connectivity index (χ0n) is 21.6. The molecule has 4 rings (SSSR count). The molecular formula is C25H31ClN8O3S. The highest BCUT2D eigenvalue weighted by Crippen LogP contribution is 2.20. The third kappa shape index (κ3) is 6.62. The van der Waals surface area contributed by atoms with Gasteiger partial charge in [-0.05, 0) is 44.6 Å². The molecule has 1 fully saturated rings. The number of amides is 2. The highest BCUT2D eigenvalue weighted by Gasteiger charge is 2.29. The van der Waals surface area contributed by atoms with E-state index in [1.807, 2.05) is 37.4 Å². The van der Waals surface area contributed by atoms with Gasteiger partial charge < -0.3 is 25.2 Å². The number of nitrogens with one attached hydrogen (secondary N) is 2. The monoisotopic (exact) mass is 558 g/mol. The average Bonchev–Trinajstić information content (AvgIpc) is 3.50. The van der Waals surface area contributed by atoms with Gasteiger partial charge in [0.1, 0.15) is 6.04 Å². The predicted octanol–water partition coefficient (Wildman–Crippen LogP) is 3.76.